The molecule has 4 unspecified atom stereocenters. The van der Waals surface area contributed by atoms with E-state index in [2.05, 4.69) is 19.1 Å². The lowest BCUT2D eigenvalue weighted by atomic mass is 9.85. The highest BCUT2D eigenvalue weighted by atomic mass is 16.5. The highest BCUT2D eigenvalue weighted by Gasteiger charge is 2.42. The number of carbonyl (C=O) groups is 1. The van der Waals surface area contributed by atoms with Gasteiger partial charge in [0.1, 0.15) is 0 Å². The van der Waals surface area contributed by atoms with Crippen LogP contribution in [-0.2, 0) is 4.74 Å². The Labute approximate surface area is 120 Å². The van der Waals surface area contributed by atoms with Crippen LogP contribution in [0.1, 0.15) is 34.8 Å². The summed E-state index contributed by atoms with van der Waals surface area (Å²) in [6, 6.07) is 5.76. The molecule has 1 saturated carbocycles. The molecule has 2 bridgehead atoms. The van der Waals surface area contributed by atoms with E-state index in [1.807, 2.05) is 32.0 Å². The van der Waals surface area contributed by atoms with Crippen LogP contribution in [-0.4, -0.2) is 12.6 Å². The molecule has 0 amide bonds. The molecule has 1 fully saturated rings. The van der Waals surface area contributed by atoms with Gasteiger partial charge in [0.2, 0.25) is 0 Å². The van der Waals surface area contributed by atoms with Crippen molar-refractivity contribution in [2.24, 2.45) is 23.7 Å². The zero-order valence-electron chi connectivity index (χ0n) is 12.4. The molecule has 1 aromatic carbocycles. The lowest BCUT2D eigenvalue weighted by molar-refractivity contribution is 0.0383. The van der Waals surface area contributed by atoms with E-state index in [1.54, 1.807) is 0 Å². The molecule has 3 rings (SSSR count). The van der Waals surface area contributed by atoms with Crippen LogP contribution in [0.25, 0.3) is 0 Å². The first-order valence-electron chi connectivity index (χ1n) is 7.49. The van der Waals surface area contributed by atoms with Gasteiger partial charge in [0.15, 0.2) is 0 Å². The second-order valence-corrected chi connectivity index (χ2v) is 6.37. The fourth-order valence-corrected chi connectivity index (χ4v) is 3.57. The van der Waals surface area contributed by atoms with Crippen molar-refractivity contribution in [1.82, 2.24) is 0 Å². The summed E-state index contributed by atoms with van der Waals surface area (Å²) in [5.41, 5.74) is 3.00. The highest BCUT2D eigenvalue weighted by molar-refractivity contribution is 5.89. The van der Waals surface area contributed by atoms with Crippen molar-refractivity contribution in [3.8, 4) is 0 Å². The van der Waals surface area contributed by atoms with Gasteiger partial charge in [-0.2, -0.15) is 0 Å². The summed E-state index contributed by atoms with van der Waals surface area (Å²) in [5.74, 6) is 2.26. The van der Waals surface area contributed by atoms with Gasteiger partial charge in [-0.1, -0.05) is 25.1 Å². The number of aryl methyl sites for hydroxylation is 2. The SMILES string of the molecule is Cc1ccc(C(=O)OCC2C3C=CC(C3)C2C)cc1C. The molecule has 0 radical (unpaired) electrons. The Hall–Kier alpha value is -1.57. The summed E-state index contributed by atoms with van der Waals surface area (Å²) in [7, 11) is 0. The van der Waals surface area contributed by atoms with Crippen LogP contribution in [0, 0.1) is 37.5 Å². The van der Waals surface area contributed by atoms with Crippen LogP contribution in [0.15, 0.2) is 30.4 Å². The number of hydrogen-bond acceptors (Lipinski definition) is 2. The largest absolute Gasteiger partial charge is 0.462 e. The fraction of sp³-hybridized carbons (Fsp3) is 0.500. The molecule has 2 aliphatic carbocycles. The van der Waals surface area contributed by atoms with Gasteiger partial charge >= 0.3 is 5.97 Å². The first-order valence-corrected chi connectivity index (χ1v) is 7.49. The number of ether oxygens (including phenoxy) is 1. The van der Waals surface area contributed by atoms with E-state index in [0.717, 1.165) is 5.56 Å². The lowest BCUT2D eigenvalue weighted by Crippen LogP contribution is -2.23. The van der Waals surface area contributed by atoms with Crippen molar-refractivity contribution >= 4 is 5.97 Å². The normalized spacial score (nSPS) is 30.8. The van der Waals surface area contributed by atoms with Crippen molar-refractivity contribution in [1.29, 1.82) is 0 Å². The second-order valence-electron chi connectivity index (χ2n) is 6.37. The first-order chi connectivity index (χ1) is 9.56. The Morgan fingerprint density at radius 1 is 1.20 bits per heavy atom. The molecule has 4 atom stereocenters. The van der Waals surface area contributed by atoms with Gasteiger partial charge in [-0.05, 0) is 61.3 Å². The number of carbonyl (C=O) groups excluding carboxylic acids is 1. The topological polar surface area (TPSA) is 26.3 Å². The van der Waals surface area contributed by atoms with Gasteiger partial charge < -0.3 is 4.74 Å². The standard InChI is InChI=1S/C18H22O2/c1-11-4-5-16(8-12(11)2)18(19)20-10-17-13(3)14-6-7-15(17)9-14/h4-8,13-15,17H,9-10H2,1-3H3. The third-order valence-electron chi connectivity index (χ3n) is 5.20. The molecular weight excluding hydrogens is 248 g/mol. The smallest absolute Gasteiger partial charge is 0.338 e. The van der Waals surface area contributed by atoms with Crippen LogP contribution < -0.4 is 0 Å². The van der Waals surface area contributed by atoms with Gasteiger partial charge in [-0.25, -0.2) is 4.79 Å². The molecule has 0 saturated heterocycles. The van der Waals surface area contributed by atoms with E-state index >= 15 is 0 Å². The monoisotopic (exact) mass is 270 g/mol. The van der Waals surface area contributed by atoms with E-state index in [-0.39, 0.29) is 5.97 Å². The van der Waals surface area contributed by atoms with E-state index in [9.17, 15) is 4.79 Å². The van der Waals surface area contributed by atoms with Crippen LogP contribution >= 0.6 is 0 Å². The summed E-state index contributed by atoms with van der Waals surface area (Å²) in [6.07, 6.45) is 5.88. The van der Waals surface area contributed by atoms with E-state index in [4.69, 9.17) is 4.74 Å². The van der Waals surface area contributed by atoms with Crippen LogP contribution in [0.4, 0.5) is 0 Å². The van der Waals surface area contributed by atoms with E-state index in [0.29, 0.717) is 35.8 Å². The average molecular weight is 270 g/mol. The quantitative estimate of drug-likeness (QED) is 0.614. The number of benzene rings is 1. The Bertz CT molecular complexity index is 559. The molecule has 2 nitrogen and oxygen atoms in total. The summed E-state index contributed by atoms with van der Waals surface area (Å²) < 4.78 is 5.56. The van der Waals surface area contributed by atoms with Crippen molar-refractivity contribution < 1.29 is 9.53 Å². The molecule has 0 spiro atoms. The molecule has 106 valence electrons. The zero-order valence-corrected chi connectivity index (χ0v) is 12.4. The van der Waals surface area contributed by atoms with Crippen molar-refractivity contribution in [2.45, 2.75) is 27.2 Å². The van der Waals surface area contributed by atoms with Gasteiger partial charge in [0.05, 0.1) is 12.2 Å². The maximum absolute atomic E-state index is 12.1. The predicted octanol–water partition coefficient (Wildman–Crippen LogP) is 3.92. The maximum Gasteiger partial charge on any atom is 0.338 e. The number of rotatable bonds is 3. The minimum atomic E-state index is -0.188. The average Bonchev–Trinajstić information content (AvgIpc) is 3.01. The van der Waals surface area contributed by atoms with Crippen LogP contribution in [0.5, 0.6) is 0 Å². The molecule has 2 aliphatic rings. The first kappa shape index (κ1) is 13.4. The molecule has 0 aromatic heterocycles. The lowest BCUT2D eigenvalue weighted by Gasteiger charge is -2.24. The van der Waals surface area contributed by atoms with Crippen LogP contribution in [0.3, 0.4) is 0 Å². The third-order valence-corrected chi connectivity index (χ3v) is 5.20. The highest BCUT2D eigenvalue weighted by Crippen LogP contribution is 2.47. The predicted molar refractivity (Wildman–Crippen MR) is 79.6 cm³/mol. The third kappa shape index (κ3) is 2.28. The molecule has 20 heavy (non-hydrogen) atoms. The van der Waals surface area contributed by atoms with Gasteiger partial charge in [-0.3, -0.25) is 0 Å². The van der Waals surface area contributed by atoms with E-state index in [1.165, 1.54) is 12.0 Å². The Balaban J connectivity index is 1.62. The van der Waals surface area contributed by atoms with E-state index < -0.39 is 0 Å². The van der Waals surface area contributed by atoms with Crippen molar-refractivity contribution in [2.75, 3.05) is 6.61 Å². The van der Waals surface area contributed by atoms with Crippen molar-refractivity contribution in [3.63, 3.8) is 0 Å². The van der Waals surface area contributed by atoms with Gasteiger partial charge in [0, 0.05) is 5.92 Å². The Morgan fingerprint density at radius 2 is 1.95 bits per heavy atom. The molecule has 0 N–H and O–H groups in total. The molecule has 1 aromatic rings. The zero-order chi connectivity index (χ0) is 14.3. The molecular formula is C18H22O2. The second kappa shape index (κ2) is 5.08. The molecule has 0 aliphatic heterocycles. The number of hydrogen-bond donors (Lipinski definition) is 0. The fourth-order valence-electron chi connectivity index (χ4n) is 3.57. The summed E-state index contributed by atoms with van der Waals surface area (Å²) in [6.45, 7) is 6.91. The molecule has 2 heteroatoms. The van der Waals surface area contributed by atoms with Crippen molar-refractivity contribution in [3.05, 3.63) is 47.0 Å². The van der Waals surface area contributed by atoms with Crippen LogP contribution in [0.2, 0.25) is 0 Å². The number of allylic oxidation sites excluding steroid dienone is 2. The van der Waals surface area contributed by atoms with Gasteiger partial charge in [0.25, 0.3) is 0 Å². The summed E-state index contributed by atoms with van der Waals surface area (Å²) >= 11 is 0. The van der Waals surface area contributed by atoms with Gasteiger partial charge in [-0.15, -0.1) is 0 Å². The minimum absolute atomic E-state index is 0.188. The summed E-state index contributed by atoms with van der Waals surface area (Å²) in [5, 5.41) is 0. The molecule has 0 heterocycles. The Morgan fingerprint density at radius 3 is 2.60 bits per heavy atom. The Kier molecular flexibility index (Phi) is 3.41. The summed E-state index contributed by atoms with van der Waals surface area (Å²) in [4.78, 5) is 12.1. The number of esters is 1. The number of fused-ring (bicyclic) bond motifs is 2. The minimum Gasteiger partial charge on any atom is -0.462 e. The maximum atomic E-state index is 12.1.